The largest absolute Gasteiger partial charge is 0.480 e. The predicted octanol–water partition coefficient (Wildman–Crippen LogP) is 3.74. The lowest BCUT2D eigenvalue weighted by Gasteiger charge is -2.16. The fourth-order valence-electron chi connectivity index (χ4n) is 1.78. The monoisotopic (exact) mass is 293 g/mol. The third kappa shape index (κ3) is 3.11. The van der Waals surface area contributed by atoms with E-state index in [1.165, 1.54) is 0 Å². The second kappa shape index (κ2) is 5.96. The summed E-state index contributed by atoms with van der Waals surface area (Å²) >= 11 is 4.69. The highest BCUT2D eigenvalue weighted by Gasteiger charge is 2.17. The number of halogens is 2. The molecule has 2 N–H and O–H groups in total. The molecule has 2 aromatic rings. The van der Waals surface area contributed by atoms with Crippen LogP contribution < -0.4 is 10.5 Å². The molecule has 0 fully saturated rings. The van der Waals surface area contributed by atoms with E-state index in [2.05, 4.69) is 0 Å². The van der Waals surface area contributed by atoms with Crippen molar-refractivity contribution in [1.82, 2.24) is 0 Å². The summed E-state index contributed by atoms with van der Waals surface area (Å²) in [5.41, 5.74) is 6.31. The molecule has 0 aliphatic carbocycles. The molecule has 1 atom stereocenters. The molecule has 0 saturated carbocycles. The van der Waals surface area contributed by atoms with Crippen LogP contribution in [0.4, 0.5) is 8.78 Å². The van der Waals surface area contributed by atoms with Gasteiger partial charge in [-0.2, -0.15) is 0 Å². The smallest absolute Gasteiger partial charge is 0.191 e. The summed E-state index contributed by atoms with van der Waals surface area (Å²) in [5, 5.41) is 0. The van der Waals surface area contributed by atoms with Crippen LogP contribution in [0.15, 0.2) is 42.5 Å². The molecule has 0 radical (unpaired) electrons. The summed E-state index contributed by atoms with van der Waals surface area (Å²) in [7, 11) is 0. The average molecular weight is 293 g/mol. The van der Waals surface area contributed by atoms with Gasteiger partial charge in [0.2, 0.25) is 0 Å². The van der Waals surface area contributed by atoms with E-state index in [1.807, 2.05) is 30.3 Å². The molecule has 2 aromatic carbocycles. The van der Waals surface area contributed by atoms with Crippen LogP contribution in [0.5, 0.6) is 5.75 Å². The standard InChI is InChI=1S/C15H13F2NOS/c1-9(10-5-3-2-4-6-10)19-14-12(16)7-11(15(18)20)8-13(14)17/h2-9H,1H3,(H2,18,20). The van der Waals surface area contributed by atoms with E-state index in [1.54, 1.807) is 6.92 Å². The minimum absolute atomic E-state index is 0.0644. The zero-order chi connectivity index (χ0) is 14.7. The molecule has 0 aliphatic heterocycles. The van der Waals surface area contributed by atoms with Crippen molar-refractivity contribution in [2.45, 2.75) is 13.0 Å². The van der Waals surface area contributed by atoms with Crippen LogP contribution in [0.3, 0.4) is 0 Å². The molecule has 2 nitrogen and oxygen atoms in total. The molecule has 0 aliphatic rings. The van der Waals surface area contributed by atoms with E-state index in [-0.39, 0.29) is 10.6 Å². The fourth-order valence-corrected chi connectivity index (χ4v) is 1.90. The Balaban J connectivity index is 2.28. The van der Waals surface area contributed by atoms with Crippen LogP contribution in [-0.2, 0) is 0 Å². The summed E-state index contributed by atoms with van der Waals surface area (Å²) in [4.78, 5) is -0.0644. The number of benzene rings is 2. The SMILES string of the molecule is CC(Oc1c(F)cc(C(N)=S)cc1F)c1ccccc1. The van der Waals surface area contributed by atoms with Crippen LogP contribution in [0.25, 0.3) is 0 Å². The van der Waals surface area contributed by atoms with Crippen molar-refractivity contribution < 1.29 is 13.5 Å². The van der Waals surface area contributed by atoms with E-state index in [0.29, 0.717) is 0 Å². The van der Waals surface area contributed by atoms with Gasteiger partial charge in [0, 0.05) is 5.56 Å². The minimum Gasteiger partial charge on any atom is -0.480 e. The van der Waals surface area contributed by atoms with E-state index in [0.717, 1.165) is 17.7 Å². The number of nitrogens with two attached hydrogens (primary N) is 1. The lowest BCUT2D eigenvalue weighted by molar-refractivity contribution is 0.205. The Morgan fingerprint density at radius 1 is 1.15 bits per heavy atom. The zero-order valence-corrected chi connectivity index (χ0v) is 11.6. The first-order valence-corrected chi connectivity index (χ1v) is 6.40. The Bertz CT molecular complexity index is 608. The Hall–Kier alpha value is -2.01. The van der Waals surface area contributed by atoms with Crippen molar-refractivity contribution >= 4 is 17.2 Å². The number of hydrogen-bond acceptors (Lipinski definition) is 2. The molecule has 0 aromatic heterocycles. The van der Waals surface area contributed by atoms with Crippen molar-refractivity contribution in [3.05, 3.63) is 65.2 Å². The molecule has 2 rings (SSSR count). The van der Waals surface area contributed by atoms with Gasteiger partial charge in [-0.15, -0.1) is 0 Å². The Kier molecular flexibility index (Phi) is 4.29. The van der Waals surface area contributed by atoms with E-state index >= 15 is 0 Å². The van der Waals surface area contributed by atoms with Crippen LogP contribution in [0.1, 0.15) is 24.2 Å². The van der Waals surface area contributed by atoms with Gasteiger partial charge in [0.05, 0.1) is 0 Å². The van der Waals surface area contributed by atoms with Gasteiger partial charge >= 0.3 is 0 Å². The van der Waals surface area contributed by atoms with Gasteiger partial charge in [-0.25, -0.2) is 8.78 Å². The van der Waals surface area contributed by atoms with E-state index in [4.69, 9.17) is 22.7 Å². The lowest BCUT2D eigenvalue weighted by atomic mass is 10.1. The molecule has 5 heteroatoms. The second-order valence-corrected chi connectivity index (χ2v) is 4.74. The molecule has 0 amide bonds. The Morgan fingerprint density at radius 3 is 2.20 bits per heavy atom. The molecule has 1 unspecified atom stereocenters. The van der Waals surface area contributed by atoms with E-state index < -0.39 is 23.5 Å². The maximum Gasteiger partial charge on any atom is 0.191 e. The normalized spacial score (nSPS) is 11.9. The van der Waals surface area contributed by atoms with Gasteiger partial charge in [0.15, 0.2) is 17.4 Å². The van der Waals surface area contributed by atoms with Crippen molar-refractivity contribution in [1.29, 1.82) is 0 Å². The number of thiocarbonyl (C=S) groups is 1. The fraction of sp³-hybridized carbons (Fsp3) is 0.133. The van der Waals surface area contributed by atoms with Crippen molar-refractivity contribution in [3.63, 3.8) is 0 Å². The molecule has 0 heterocycles. The summed E-state index contributed by atoms with van der Waals surface area (Å²) < 4.78 is 33.1. The minimum atomic E-state index is -0.824. The van der Waals surface area contributed by atoms with E-state index in [9.17, 15) is 8.78 Å². The van der Waals surface area contributed by atoms with Gasteiger partial charge in [-0.1, -0.05) is 42.5 Å². The third-order valence-electron chi connectivity index (χ3n) is 2.85. The number of hydrogen-bond donors (Lipinski definition) is 1. The molecule has 0 bridgehead atoms. The zero-order valence-electron chi connectivity index (χ0n) is 10.8. The summed E-state index contributed by atoms with van der Waals surface area (Å²) in [6.07, 6.45) is -0.476. The van der Waals surface area contributed by atoms with Crippen LogP contribution in [-0.4, -0.2) is 4.99 Å². The molecular weight excluding hydrogens is 280 g/mol. The predicted molar refractivity (Wildman–Crippen MR) is 77.7 cm³/mol. The average Bonchev–Trinajstić information content (AvgIpc) is 2.43. The van der Waals surface area contributed by atoms with Crippen LogP contribution >= 0.6 is 12.2 Å². The Morgan fingerprint density at radius 2 is 1.70 bits per heavy atom. The van der Waals surface area contributed by atoms with Crippen molar-refractivity contribution in [2.24, 2.45) is 5.73 Å². The summed E-state index contributed by atoms with van der Waals surface area (Å²) in [6, 6.07) is 11.3. The van der Waals surface area contributed by atoms with Crippen molar-refractivity contribution in [2.75, 3.05) is 0 Å². The molecule has 0 spiro atoms. The highest BCUT2D eigenvalue weighted by Crippen LogP contribution is 2.28. The molecule has 20 heavy (non-hydrogen) atoms. The van der Waals surface area contributed by atoms with Gasteiger partial charge in [0.1, 0.15) is 11.1 Å². The highest BCUT2D eigenvalue weighted by molar-refractivity contribution is 7.80. The second-order valence-electron chi connectivity index (χ2n) is 4.30. The van der Waals surface area contributed by atoms with Gasteiger partial charge < -0.3 is 10.5 Å². The lowest BCUT2D eigenvalue weighted by Crippen LogP contribution is -2.12. The van der Waals surface area contributed by atoms with Crippen LogP contribution in [0.2, 0.25) is 0 Å². The summed E-state index contributed by atoms with van der Waals surface area (Å²) in [6.45, 7) is 1.72. The highest BCUT2D eigenvalue weighted by atomic mass is 32.1. The number of rotatable bonds is 4. The molecule has 104 valence electrons. The maximum atomic E-state index is 13.9. The first-order valence-electron chi connectivity index (χ1n) is 5.99. The first-order chi connectivity index (χ1) is 9.49. The van der Waals surface area contributed by atoms with Crippen LogP contribution in [0, 0.1) is 11.6 Å². The Labute approximate surface area is 121 Å². The molecule has 0 saturated heterocycles. The quantitative estimate of drug-likeness (QED) is 0.872. The molecular formula is C15H13F2NOS. The summed E-state index contributed by atoms with van der Waals surface area (Å²) in [5.74, 6) is -2.08. The van der Waals surface area contributed by atoms with Gasteiger partial charge in [-0.05, 0) is 24.6 Å². The topological polar surface area (TPSA) is 35.2 Å². The maximum absolute atomic E-state index is 13.9. The third-order valence-corrected chi connectivity index (χ3v) is 3.08. The number of ether oxygens (including phenoxy) is 1. The van der Waals surface area contributed by atoms with Gasteiger partial charge in [0.25, 0.3) is 0 Å². The van der Waals surface area contributed by atoms with Gasteiger partial charge in [-0.3, -0.25) is 0 Å². The van der Waals surface area contributed by atoms with Crippen molar-refractivity contribution in [3.8, 4) is 5.75 Å². The first kappa shape index (κ1) is 14.4.